The van der Waals surface area contributed by atoms with Crippen LogP contribution in [0.2, 0.25) is 0 Å². The average molecular weight is 325 g/mol. The molecule has 126 valence electrons. The fourth-order valence-corrected chi connectivity index (χ4v) is 3.08. The maximum atomic E-state index is 12.8. The monoisotopic (exact) mass is 325 g/mol. The second-order valence-electron chi connectivity index (χ2n) is 6.17. The van der Waals surface area contributed by atoms with Crippen molar-refractivity contribution in [1.82, 2.24) is 4.90 Å². The van der Waals surface area contributed by atoms with Crippen LogP contribution in [0.3, 0.4) is 0 Å². The molecule has 1 atom stereocenters. The Balaban J connectivity index is 1.72. The molecule has 0 spiro atoms. The molecule has 2 aromatic carbocycles. The first-order valence-electron chi connectivity index (χ1n) is 8.41. The van der Waals surface area contributed by atoms with Crippen molar-refractivity contribution in [3.8, 4) is 0 Å². The van der Waals surface area contributed by atoms with Crippen LogP contribution in [-0.4, -0.2) is 35.2 Å². The largest absolute Gasteiger partial charge is 0.459 e. The fraction of sp³-hybridized carbons (Fsp3) is 0.350. The van der Waals surface area contributed by atoms with Gasteiger partial charge in [-0.05, 0) is 24.0 Å². The summed E-state index contributed by atoms with van der Waals surface area (Å²) < 4.78 is 5.58. The number of hydrogen-bond acceptors (Lipinski definition) is 4. The average Bonchev–Trinajstić information content (AvgIpc) is 2.64. The molecule has 0 radical (unpaired) electrons. The van der Waals surface area contributed by atoms with Crippen molar-refractivity contribution in [1.29, 1.82) is 0 Å². The number of benzene rings is 2. The number of aliphatic hydroxyl groups is 1. The zero-order valence-electron chi connectivity index (χ0n) is 13.7. The van der Waals surface area contributed by atoms with E-state index in [4.69, 9.17) is 4.74 Å². The van der Waals surface area contributed by atoms with Crippen molar-refractivity contribution in [2.75, 3.05) is 13.1 Å². The van der Waals surface area contributed by atoms with Crippen LogP contribution in [-0.2, 0) is 16.1 Å². The molecular formula is C20H23NO3. The molecule has 1 fully saturated rings. The molecule has 24 heavy (non-hydrogen) atoms. The molecule has 0 aliphatic carbocycles. The molecule has 0 unspecified atom stereocenters. The Morgan fingerprint density at radius 2 is 1.62 bits per heavy atom. The molecule has 0 saturated carbocycles. The number of nitrogens with zero attached hydrogens (tertiary/aromatic N) is 1. The van der Waals surface area contributed by atoms with Crippen molar-refractivity contribution in [2.24, 2.45) is 0 Å². The van der Waals surface area contributed by atoms with Gasteiger partial charge >= 0.3 is 5.97 Å². The predicted octanol–water partition coefficient (Wildman–Crippen LogP) is 2.93. The van der Waals surface area contributed by atoms with E-state index in [1.54, 1.807) is 0 Å². The lowest BCUT2D eigenvalue weighted by Crippen LogP contribution is -2.42. The summed E-state index contributed by atoms with van der Waals surface area (Å²) in [4.78, 5) is 14.9. The molecule has 4 heteroatoms. The van der Waals surface area contributed by atoms with E-state index in [0.29, 0.717) is 25.9 Å². The zero-order chi connectivity index (χ0) is 16.8. The van der Waals surface area contributed by atoms with Crippen molar-refractivity contribution < 1.29 is 14.6 Å². The zero-order valence-corrected chi connectivity index (χ0v) is 13.7. The lowest BCUT2D eigenvalue weighted by molar-refractivity contribution is -0.152. The summed E-state index contributed by atoms with van der Waals surface area (Å²) in [6.45, 7) is 1.67. The van der Waals surface area contributed by atoms with Gasteiger partial charge in [0.1, 0.15) is 12.6 Å². The number of ether oxygens (including phenoxy) is 1. The highest BCUT2D eigenvalue weighted by molar-refractivity contribution is 5.77. The van der Waals surface area contributed by atoms with Gasteiger partial charge in [0.25, 0.3) is 0 Å². The van der Waals surface area contributed by atoms with Crippen molar-refractivity contribution in [2.45, 2.75) is 31.6 Å². The molecule has 0 bridgehead atoms. The molecule has 2 aromatic rings. The van der Waals surface area contributed by atoms with Gasteiger partial charge in [0, 0.05) is 13.1 Å². The van der Waals surface area contributed by atoms with Gasteiger partial charge in [-0.25, -0.2) is 4.79 Å². The first-order valence-corrected chi connectivity index (χ1v) is 8.41. The Hall–Kier alpha value is -2.17. The van der Waals surface area contributed by atoms with Gasteiger partial charge in [-0.15, -0.1) is 0 Å². The molecule has 0 aromatic heterocycles. The summed E-state index contributed by atoms with van der Waals surface area (Å²) in [5.74, 6) is -0.235. The number of aliphatic hydroxyl groups excluding tert-OH is 1. The molecule has 1 N–H and O–H groups in total. The van der Waals surface area contributed by atoms with Gasteiger partial charge < -0.3 is 9.84 Å². The Morgan fingerprint density at radius 1 is 1.04 bits per heavy atom. The summed E-state index contributed by atoms with van der Waals surface area (Å²) in [7, 11) is 0. The smallest absolute Gasteiger partial charge is 0.328 e. The summed E-state index contributed by atoms with van der Waals surface area (Å²) >= 11 is 0. The van der Waals surface area contributed by atoms with Gasteiger partial charge in [0.05, 0.1) is 6.10 Å². The predicted molar refractivity (Wildman–Crippen MR) is 92.2 cm³/mol. The molecule has 1 heterocycles. The van der Waals surface area contributed by atoms with Crippen LogP contribution in [0, 0.1) is 0 Å². The Bertz CT molecular complexity index is 636. The number of esters is 1. The maximum Gasteiger partial charge on any atom is 0.328 e. The molecule has 1 aliphatic heterocycles. The van der Waals surface area contributed by atoms with Gasteiger partial charge in [-0.1, -0.05) is 60.7 Å². The molecule has 0 amide bonds. The standard InChI is InChI=1S/C20H23NO3/c22-18-11-13-21(14-12-18)19(17-9-5-2-6-10-17)20(23)24-15-16-7-3-1-4-8-16/h1-10,18-19,22H,11-15H2/t19-/m0/s1. The highest BCUT2D eigenvalue weighted by Gasteiger charge is 2.31. The highest BCUT2D eigenvalue weighted by atomic mass is 16.5. The quantitative estimate of drug-likeness (QED) is 0.859. The van der Waals surface area contributed by atoms with Crippen molar-refractivity contribution in [3.05, 3.63) is 71.8 Å². The van der Waals surface area contributed by atoms with E-state index < -0.39 is 6.04 Å². The van der Waals surface area contributed by atoms with E-state index in [0.717, 1.165) is 11.1 Å². The first kappa shape index (κ1) is 16.7. The minimum absolute atomic E-state index is 0.235. The van der Waals surface area contributed by atoms with Gasteiger partial charge in [-0.3, -0.25) is 4.90 Å². The molecule has 4 nitrogen and oxygen atoms in total. The van der Waals surface area contributed by atoms with Gasteiger partial charge in [0.15, 0.2) is 0 Å². The van der Waals surface area contributed by atoms with E-state index >= 15 is 0 Å². The number of hydrogen-bond donors (Lipinski definition) is 1. The molecule has 1 aliphatic rings. The third-order valence-corrected chi connectivity index (χ3v) is 4.43. The number of piperidine rings is 1. The Kier molecular flexibility index (Phi) is 5.62. The van der Waals surface area contributed by atoms with Crippen LogP contribution in [0.4, 0.5) is 0 Å². The Labute approximate surface area is 142 Å². The summed E-state index contributed by atoms with van der Waals surface area (Å²) in [6.07, 6.45) is 1.11. The van der Waals surface area contributed by atoms with Crippen LogP contribution in [0.5, 0.6) is 0 Å². The van der Waals surface area contributed by atoms with E-state index in [1.807, 2.05) is 60.7 Å². The lowest BCUT2D eigenvalue weighted by atomic mass is 10.0. The van der Waals surface area contributed by atoms with Crippen LogP contribution in [0.1, 0.15) is 30.0 Å². The third kappa shape index (κ3) is 4.22. The normalized spacial score (nSPS) is 17.4. The van der Waals surface area contributed by atoms with Gasteiger partial charge in [0.2, 0.25) is 0 Å². The lowest BCUT2D eigenvalue weighted by Gasteiger charge is -2.35. The summed E-state index contributed by atoms with van der Waals surface area (Å²) in [5, 5.41) is 9.73. The first-order chi connectivity index (χ1) is 11.7. The topological polar surface area (TPSA) is 49.8 Å². The fourth-order valence-electron chi connectivity index (χ4n) is 3.08. The van der Waals surface area contributed by atoms with E-state index in [9.17, 15) is 9.90 Å². The molecule has 1 saturated heterocycles. The van der Waals surface area contributed by atoms with Crippen LogP contribution < -0.4 is 0 Å². The van der Waals surface area contributed by atoms with Crippen molar-refractivity contribution >= 4 is 5.97 Å². The molecular weight excluding hydrogens is 302 g/mol. The summed E-state index contributed by atoms with van der Waals surface area (Å²) in [5.41, 5.74) is 1.92. The van der Waals surface area contributed by atoms with E-state index in [2.05, 4.69) is 4.90 Å². The Morgan fingerprint density at radius 3 is 2.25 bits per heavy atom. The number of likely N-dealkylation sites (tertiary alicyclic amines) is 1. The van der Waals surface area contributed by atoms with Gasteiger partial charge in [-0.2, -0.15) is 0 Å². The second kappa shape index (κ2) is 8.08. The third-order valence-electron chi connectivity index (χ3n) is 4.43. The number of rotatable bonds is 5. The van der Waals surface area contributed by atoms with Crippen LogP contribution in [0.25, 0.3) is 0 Å². The number of carbonyl (C=O) groups excluding carboxylic acids is 1. The highest BCUT2D eigenvalue weighted by Crippen LogP contribution is 2.26. The summed E-state index contributed by atoms with van der Waals surface area (Å²) in [6, 6.07) is 19.0. The molecule has 3 rings (SSSR count). The number of carbonyl (C=O) groups is 1. The second-order valence-corrected chi connectivity index (χ2v) is 6.17. The minimum atomic E-state index is -0.414. The van der Waals surface area contributed by atoms with Crippen LogP contribution >= 0.6 is 0 Å². The maximum absolute atomic E-state index is 12.8. The van der Waals surface area contributed by atoms with Crippen LogP contribution in [0.15, 0.2) is 60.7 Å². The van der Waals surface area contributed by atoms with Crippen molar-refractivity contribution in [3.63, 3.8) is 0 Å². The SMILES string of the molecule is O=C(OCc1ccccc1)[C@H](c1ccccc1)N1CCC(O)CC1. The minimum Gasteiger partial charge on any atom is -0.459 e. The van der Waals surface area contributed by atoms with E-state index in [1.165, 1.54) is 0 Å². The van der Waals surface area contributed by atoms with E-state index in [-0.39, 0.29) is 18.7 Å².